The van der Waals surface area contributed by atoms with Crippen LogP contribution in [0.1, 0.15) is 49.3 Å². The molecular weight excluding hydrogens is 172 g/mol. The van der Waals surface area contributed by atoms with Gasteiger partial charge >= 0.3 is 0 Å². The Morgan fingerprint density at radius 2 is 2.00 bits per heavy atom. The molecule has 2 aliphatic carbocycles. The van der Waals surface area contributed by atoms with E-state index in [1.54, 1.807) is 6.33 Å². The molecule has 2 heteroatoms. The highest BCUT2D eigenvalue weighted by Crippen LogP contribution is 2.43. The van der Waals surface area contributed by atoms with Gasteiger partial charge < -0.3 is 0 Å². The Bertz CT molecular complexity index is 329. The zero-order valence-corrected chi connectivity index (χ0v) is 8.45. The van der Waals surface area contributed by atoms with Gasteiger partial charge in [0.25, 0.3) is 0 Å². The summed E-state index contributed by atoms with van der Waals surface area (Å²) in [5.41, 5.74) is 2.77. The van der Waals surface area contributed by atoms with Gasteiger partial charge in [-0.1, -0.05) is 12.8 Å². The molecule has 1 fully saturated rings. The van der Waals surface area contributed by atoms with Crippen LogP contribution in [0, 0.1) is 5.92 Å². The Kier molecular flexibility index (Phi) is 2.00. The highest BCUT2D eigenvalue weighted by atomic mass is 14.8. The molecule has 0 aliphatic heterocycles. The maximum atomic E-state index is 4.37. The summed E-state index contributed by atoms with van der Waals surface area (Å²) in [4.78, 5) is 8.54. The van der Waals surface area contributed by atoms with Crippen LogP contribution in [0.4, 0.5) is 0 Å². The van der Waals surface area contributed by atoms with Crippen LogP contribution in [-0.4, -0.2) is 9.97 Å². The minimum Gasteiger partial charge on any atom is -0.245 e. The van der Waals surface area contributed by atoms with Gasteiger partial charge in [-0.2, -0.15) is 0 Å². The summed E-state index contributed by atoms with van der Waals surface area (Å²) in [5.74, 6) is 1.72. The summed E-state index contributed by atoms with van der Waals surface area (Å²) in [7, 11) is 0. The second kappa shape index (κ2) is 3.34. The number of nitrogens with zero attached hydrogens (tertiary/aromatic N) is 2. The maximum Gasteiger partial charge on any atom is 0.115 e. The highest BCUT2D eigenvalue weighted by Gasteiger charge is 2.32. The zero-order chi connectivity index (χ0) is 9.38. The number of aryl methyl sites for hydroxylation is 1. The van der Waals surface area contributed by atoms with Crippen molar-refractivity contribution in [1.29, 1.82) is 0 Å². The van der Waals surface area contributed by atoms with E-state index in [-0.39, 0.29) is 0 Å². The Morgan fingerprint density at radius 3 is 2.86 bits per heavy atom. The molecule has 0 N–H and O–H groups in total. The molecule has 0 aromatic carbocycles. The third-order valence-electron chi connectivity index (χ3n) is 3.89. The van der Waals surface area contributed by atoms with Gasteiger partial charge in [-0.05, 0) is 43.1 Å². The van der Waals surface area contributed by atoms with E-state index < -0.39 is 0 Å². The molecule has 1 aromatic heterocycles. The van der Waals surface area contributed by atoms with E-state index in [9.17, 15) is 0 Å². The van der Waals surface area contributed by atoms with E-state index in [2.05, 4.69) is 16.2 Å². The van der Waals surface area contributed by atoms with Gasteiger partial charge in [0.05, 0.1) is 0 Å². The van der Waals surface area contributed by atoms with Gasteiger partial charge in [0, 0.05) is 11.9 Å². The first-order valence-corrected chi connectivity index (χ1v) is 5.74. The third kappa shape index (κ3) is 1.24. The van der Waals surface area contributed by atoms with E-state index >= 15 is 0 Å². The first-order chi connectivity index (χ1) is 6.95. The summed E-state index contributed by atoms with van der Waals surface area (Å²) < 4.78 is 0. The topological polar surface area (TPSA) is 25.8 Å². The molecule has 0 amide bonds. The highest BCUT2D eigenvalue weighted by molar-refractivity contribution is 5.27. The summed E-state index contributed by atoms with van der Waals surface area (Å²) in [6, 6.07) is 0. The standard InChI is InChI=1S/C12H16N2/c1-2-4-9(3-1)10-5-6-12-11(10)7-13-8-14-12/h7-10H,1-6H2. The van der Waals surface area contributed by atoms with E-state index in [1.807, 2.05) is 0 Å². The molecule has 1 aromatic rings. The van der Waals surface area contributed by atoms with Crippen LogP contribution in [-0.2, 0) is 6.42 Å². The molecule has 0 saturated heterocycles. The zero-order valence-electron chi connectivity index (χ0n) is 8.45. The van der Waals surface area contributed by atoms with Crippen molar-refractivity contribution in [3.05, 3.63) is 23.8 Å². The minimum atomic E-state index is 0.786. The van der Waals surface area contributed by atoms with Crippen molar-refractivity contribution < 1.29 is 0 Å². The molecule has 0 spiro atoms. The van der Waals surface area contributed by atoms with E-state index in [1.165, 1.54) is 49.8 Å². The molecular formula is C12H16N2. The molecule has 1 unspecified atom stereocenters. The van der Waals surface area contributed by atoms with Gasteiger partial charge in [-0.25, -0.2) is 9.97 Å². The van der Waals surface area contributed by atoms with Crippen molar-refractivity contribution in [3.8, 4) is 0 Å². The van der Waals surface area contributed by atoms with Crippen molar-refractivity contribution in [2.75, 3.05) is 0 Å². The summed E-state index contributed by atoms with van der Waals surface area (Å²) >= 11 is 0. The number of rotatable bonds is 1. The summed E-state index contributed by atoms with van der Waals surface area (Å²) in [5, 5.41) is 0. The molecule has 2 nitrogen and oxygen atoms in total. The Morgan fingerprint density at radius 1 is 1.14 bits per heavy atom. The summed E-state index contributed by atoms with van der Waals surface area (Å²) in [6.07, 6.45) is 12.0. The van der Waals surface area contributed by atoms with Gasteiger partial charge in [-0.15, -0.1) is 0 Å². The predicted molar refractivity (Wildman–Crippen MR) is 55.1 cm³/mol. The second-order valence-corrected chi connectivity index (χ2v) is 4.61. The van der Waals surface area contributed by atoms with Gasteiger partial charge in [0.2, 0.25) is 0 Å². The molecule has 1 heterocycles. The molecule has 1 atom stereocenters. The van der Waals surface area contributed by atoms with E-state index in [0.29, 0.717) is 0 Å². The third-order valence-corrected chi connectivity index (χ3v) is 3.89. The second-order valence-electron chi connectivity index (χ2n) is 4.61. The number of aromatic nitrogens is 2. The Balaban J connectivity index is 1.89. The van der Waals surface area contributed by atoms with Crippen LogP contribution in [0.2, 0.25) is 0 Å². The molecule has 1 saturated carbocycles. The first-order valence-electron chi connectivity index (χ1n) is 5.74. The normalized spacial score (nSPS) is 26.7. The Hall–Kier alpha value is -0.920. The van der Waals surface area contributed by atoms with E-state index in [0.717, 1.165) is 11.8 Å². The monoisotopic (exact) mass is 188 g/mol. The van der Waals surface area contributed by atoms with Crippen molar-refractivity contribution >= 4 is 0 Å². The fraction of sp³-hybridized carbons (Fsp3) is 0.667. The van der Waals surface area contributed by atoms with Gasteiger partial charge in [-0.3, -0.25) is 0 Å². The SMILES string of the molecule is c1ncc2c(n1)CCC2C1CCCC1. The predicted octanol–water partition coefficient (Wildman–Crippen LogP) is 2.70. The molecule has 0 bridgehead atoms. The lowest BCUT2D eigenvalue weighted by atomic mass is 9.87. The lowest BCUT2D eigenvalue weighted by Crippen LogP contribution is -2.06. The smallest absolute Gasteiger partial charge is 0.115 e. The molecule has 3 rings (SSSR count). The van der Waals surface area contributed by atoms with Crippen LogP contribution >= 0.6 is 0 Å². The molecule has 2 aliphatic rings. The van der Waals surface area contributed by atoms with Crippen molar-refractivity contribution in [2.24, 2.45) is 5.92 Å². The fourth-order valence-corrected chi connectivity index (χ4v) is 3.18. The quantitative estimate of drug-likeness (QED) is 0.677. The van der Waals surface area contributed by atoms with Crippen LogP contribution in [0.25, 0.3) is 0 Å². The molecule has 14 heavy (non-hydrogen) atoms. The maximum absolute atomic E-state index is 4.37. The first kappa shape index (κ1) is 8.39. The van der Waals surface area contributed by atoms with Gasteiger partial charge in [0.15, 0.2) is 0 Å². The van der Waals surface area contributed by atoms with Crippen LogP contribution in [0.3, 0.4) is 0 Å². The van der Waals surface area contributed by atoms with Crippen molar-refractivity contribution in [1.82, 2.24) is 9.97 Å². The number of hydrogen-bond donors (Lipinski definition) is 0. The minimum absolute atomic E-state index is 0.786. The average Bonchev–Trinajstić information content (AvgIpc) is 2.85. The lowest BCUT2D eigenvalue weighted by molar-refractivity contribution is 0.431. The number of fused-ring (bicyclic) bond motifs is 1. The van der Waals surface area contributed by atoms with Gasteiger partial charge in [0.1, 0.15) is 6.33 Å². The largest absolute Gasteiger partial charge is 0.245 e. The van der Waals surface area contributed by atoms with Crippen LogP contribution in [0.15, 0.2) is 12.5 Å². The van der Waals surface area contributed by atoms with Crippen molar-refractivity contribution in [3.63, 3.8) is 0 Å². The fourth-order valence-electron chi connectivity index (χ4n) is 3.18. The summed E-state index contributed by atoms with van der Waals surface area (Å²) in [6.45, 7) is 0. The molecule has 0 radical (unpaired) electrons. The van der Waals surface area contributed by atoms with E-state index in [4.69, 9.17) is 0 Å². The molecule has 74 valence electrons. The Labute approximate surface area is 84.8 Å². The van der Waals surface area contributed by atoms with Crippen molar-refractivity contribution in [2.45, 2.75) is 44.4 Å². The van der Waals surface area contributed by atoms with Crippen LogP contribution < -0.4 is 0 Å². The average molecular weight is 188 g/mol. The lowest BCUT2D eigenvalue weighted by Gasteiger charge is -2.18. The van der Waals surface area contributed by atoms with Crippen LogP contribution in [0.5, 0.6) is 0 Å². The number of hydrogen-bond acceptors (Lipinski definition) is 2.